The van der Waals surface area contributed by atoms with Gasteiger partial charge in [0.25, 0.3) is 0 Å². The SMILES string of the molecule is C.C.C.C.CC(C)CC1N=NC(C(C)C)=N1.CC(C)Cc1cn(C(C)C)nn1.CC(C)Cn1cc(C(C)C)nn1.CC(C)Cn1cnc(C(C)C)n1. The molecule has 0 spiro atoms. The van der Waals surface area contributed by atoms with Gasteiger partial charge in [-0.2, -0.15) is 10.2 Å². The fourth-order valence-corrected chi connectivity index (χ4v) is 4.27. The first kappa shape index (κ1) is 55.4. The second-order valence-corrected chi connectivity index (χ2v) is 15.6. The Bertz CT molecular complexity index is 1200. The minimum Gasteiger partial charge on any atom is -0.252 e. The lowest BCUT2D eigenvalue weighted by atomic mass is 10.1. The van der Waals surface area contributed by atoms with Crippen molar-refractivity contribution in [1.29, 1.82) is 0 Å². The molecular formula is C40H84N12. The van der Waals surface area contributed by atoms with Crippen LogP contribution >= 0.6 is 0 Å². The first-order valence-electron chi connectivity index (χ1n) is 18.1. The van der Waals surface area contributed by atoms with Crippen LogP contribution in [0.5, 0.6) is 0 Å². The van der Waals surface area contributed by atoms with Crippen LogP contribution in [0.2, 0.25) is 0 Å². The topological polar surface area (TPSA) is 129 Å². The van der Waals surface area contributed by atoms with Crippen LogP contribution in [-0.4, -0.2) is 56.8 Å². The fourth-order valence-electron chi connectivity index (χ4n) is 4.27. The Labute approximate surface area is 321 Å². The Balaban J connectivity index is -0.000000288. The van der Waals surface area contributed by atoms with Crippen molar-refractivity contribution in [2.75, 3.05) is 0 Å². The molecule has 304 valence electrons. The average Bonchev–Trinajstić information content (AvgIpc) is 3.76. The molecule has 0 saturated heterocycles. The van der Waals surface area contributed by atoms with Crippen molar-refractivity contribution < 1.29 is 0 Å². The quantitative estimate of drug-likeness (QED) is 0.182. The molecule has 1 aliphatic heterocycles. The standard InChI is InChI=1S/4C9H17N3.4CH4/c1-7(2)5-12-6-10-9(11-12)8(3)4;1-7(2)5-12-6-9(8(3)4)10-11-12;1-7(2)5-9-6-12(8(3)4)11-10-9;1-6(2)5-8-10-9(7(3)4)12-11-8;;;;/h4*6-8H,5H2,1-4H3;4*1H4. The van der Waals surface area contributed by atoms with E-state index in [4.69, 9.17) is 0 Å². The van der Waals surface area contributed by atoms with E-state index in [-0.39, 0.29) is 35.9 Å². The number of aromatic nitrogens is 9. The molecule has 0 fully saturated rings. The summed E-state index contributed by atoms with van der Waals surface area (Å²) in [6.07, 6.45) is 8.01. The molecule has 4 heterocycles. The van der Waals surface area contributed by atoms with E-state index in [1.807, 2.05) is 32.8 Å². The molecule has 1 unspecified atom stereocenters. The van der Waals surface area contributed by atoms with Gasteiger partial charge in [0, 0.05) is 43.4 Å². The van der Waals surface area contributed by atoms with Gasteiger partial charge in [-0.15, -0.1) is 15.3 Å². The highest BCUT2D eigenvalue weighted by Crippen LogP contribution is 2.17. The van der Waals surface area contributed by atoms with E-state index < -0.39 is 0 Å². The summed E-state index contributed by atoms with van der Waals surface area (Å²) in [5, 5.41) is 28.8. The molecule has 0 radical (unpaired) electrons. The summed E-state index contributed by atoms with van der Waals surface area (Å²) in [5.74, 6) is 5.72. The van der Waals surface area contributed by atoms with Crippen LogP contribution < -0.4 is 0 Å². The minimum absolute atomic E-state index is 0. The van der Waals surface area contributed by atoms with Gasteiger partial charge in [0.05, 0.1) is 11.4 Å². The van der Waals surface area contributed by atoms with Crippen molar-refractivity contribution in [2.45, 2.75) is 190 Å². The van der Waals surface area contributed by atoms with Gasteiger partial charge in [0.1, 0.15) is 6.33 Å². The first-order chi connectivity index (χ1) is 22.4. The van der Waals surface area contributed by atoms with Crippen LogP contribution in [0.1, 0.15) is 182 Å². The molecule has 3 aromatic heterocycles. The lowest BCUT2D eigenvalue weighted by Gasteiger charge is -2.04. The van der Waals surface area contributed by atoms with Crippen molar-refractivity contribution in [3.05, 3.63) is 35.9 Å². The molecule has 0 bridgehead atoms. The Hall–Kier alpha value is -3.31. The third kappa shape index (κ3) is 23.3. The summed E-state index contributed by atoms with van der Waals surface area (Å²) in [7, 11) is 0. The zero-order valence-corrected chi connectivity index (χ0v) is 33.1. The van der Waals surface area contributed by atoms with Crippen molar-refractivity contribution in [3.63, 3.8) is 0 Å². The van der Waals surface area contributed by atoms with Gasteiger partial charge in [0.15, 0.2) is 17.8 Å². The number of aliphatic imine (C=N–C) groups is 1. The Kier molecular flexibility index (Phi) is 30.1. The van der Waals surface area contributed by atoms with Crippen molar-refractivity contribution >= 4 is 5.84 Å². The van der Waals surface area contributed by atoms with E-state index in [1.54, 1.807) is 0 Å². The maximum absolute atomic E-state index is 4.41. The molecule has 0 amide bonds. The first-order valence-corrected chi connectivity index (χ1v) is 18.1. The number of azo groups is 1. The van der Waals surface area contributed by atoms with Crippen LogP contribution in [0.15, 0.2) is 33.9 Å². The number of hydrogen-bond donors (Lipinski definition) is 0. The van der Waals surface area contributed by atoms with Crippen LogP contribution in [0, 0.1) is 29.6 Å². The third-order valence-electron chi connectivity index (χ3n) is 6.80. The van der Waals surface area contributed by atoms with Gasteiger partial charge in [-0.1, -0.05) is 137 Å². The number of nitrogens with zero attached hydrogens (tertiary/aromatic N) is 12. The largest absolute Gasteiger partial charge is 0.252 e. The Morgan fingerprint density at radius 2 is 1.19 bits per heavy atom. The van der Waals surface area contributed by atoms with E-state index >= 15 is 0 Å². The van der Waals surface area contributed by atoms with Crippen molar-refractivity contribution in [1.82, 2.24) is 44.8 Å². The van der Waals surface area contributed by atoms with Gasteiger partial charge < -0.3 is 0 Å². The molecule has 1 aliphatic rings. The van der Waals surface area contributed by atoms with Crippen LogP contribution in [-0.2, 0) is 19.5 Å². The van der Waals surface area contributed by atoms with Gasteiger partial charge in [-0.05, 0) is 56.3 Å². The molecule has 0 aromatic carbocycles. The highest BCUT2D eigenvalue weighted by molar-refractivity contribution is 5.85. The lowest BCUT2D eigenvalue weighted by Crippen LogP contribution is -2.05. The Morgan fingerprint density at radius 3 is 1.58 bits per heavy atom. The van der Waals surface area contributed by atoms with Crippen molar-refractivity contribution in [3.8, 4) is 0 Å². The molecule has 0 N–H and O–H groups in total. The fraction of sp³-hybridized carbons (Fsp3) is 0.825. The normalized spacial score (nSPS) is 13.2. The zero-order valence-electron chi connectivity index (χ0n) is 33.1. The van der Waals surface area contributed by atoms with E-state index in [2.05, 4.69) is 157 Å². The maximum atomic E-state index is 4.41. The van der Waals surface area contributed by atoms with Crippen LogP contribution in [0.3, 0.4) is 0 Å². The van der Waals surface area contributed by atoms with E-state index in [9.17, 15) is 0 Å². The van der Waals surface area contributed by atoms with Gasteiger partial charge in [0.2, 0.25) is 0 Å². The predicted octanol–water partition coefficient (Wildman–Crippen LogP) is 11.6. The van der Waals surface area contributed by atoms with E-state index in [0.717, 1.165) is 49.0 Å². The highest BCUT2D eigenvalue weighted by atomic mass is 15.4. The molecule has 0 saturated carbocycles. The summed E-state index contributed by atoms with van der Waals surface area (Å²) in [6, 6.07) is 0.415. The maximum Gasteiger partial charge on any atom is 0.163 e. The average molecular weight is 733 g/mol. The molecule has 4 rings (SSSR count). The molecular weight excluding hydrogens is 649 g/mol. The van der Waals surface area contributed by atoms with Gasteiger partial charge >= 0.3 is 0 Å². The smallest absolute Gasteiger partial charge is 0.163 e. The predicted molar refractivity (Wildman–Crippen MR) is 224 cm³/mol. The molecule has 12 nitrogen and oxygen atoms in total. The van der Waals surface area contributed by atoms with Gasteiger partial charge in [-0.25, -0.2) is 14.7 Å². The summed E-state index contributed by atoms with van der Waals surface area (Å²) in [4.78, 5) is 8.63. The highest BCUT2D eigenvalue weighted by Gasteiger charge is 2.17. The van der Waals surface area contributed by atoms with Gasteiger partial charge in [-0.3, -0.25) is 9.36 Å². The van der Waals surface area contributed by atoms with Crippen LogP contribution in [0.4, 0.5) is 0 Å². The lowest BCUT2D eigenvalue weighted by molar-refractivity contribution is 0.472. The number of amidine groups is 1. The Morgan fingerprint density at radius 1 is 0.615 bits per heavy atom. The summed E-state index contributed by atoms with van der Waals surface area (Å²) in [5.41, 5.74) is 2.18. The minimum atomic E-state index is 0. The third-order valence-corrected chi connectivity index (χ3v) is 6.80. The summed E-state index contributed by atoms with van der Waals surface area (Å²) >= 11 is 0. The van der Waals surface area contributed by atoms with E-state index in [1.165, 1.54) is 0 Å². The molecule has 0 aliphatic carbocycles. The molecule has 3 aromatic rings. The summed E-state index contributed by atoms with van der Waals surface area (Å²) in [6.45, 7) is 36.2. The zero-order chi connectivity index (χ0) is 36.6. The van der Waals surface area contributed by atoms with Crippen molar-refractivity contribution in [2.24, 2.45) is 44.8 Å². The second-order valence-electron chi connectivity index (χ2n) is 15.6. The number of rotatable bonds is 12. The summed E-state index contributed by atoms with van der Waals surface area (Å²) < 4.78 is 5.73. The van der Waals surface area contributed by atoms with E-state index in [0.29, 0.717) is 47.5 Å². The number of hydrogen-bond acceptors (Lipinski definition) is 9. The molecule has 52 heavy (non-hydrogen) atoms. The second kappa shape index (κ2) is 28.2. The molecule has 1 atom stereocenters. The monoisotopic (exact) mass is 733 g/mol. The molecule has 12 heteroatoms. The van der Waals surface area contributed by atoms with Crippen LogP contribution in [0.25, 0.3) is 0 Å².